The van der Waals surface area contributed by atoms with Gasteiger partial charge in [-0.15, -0.1) is 11.3 Å². The molecule has 148 valence electrons. The molecule has 6 heteroatoms. The lowest BCUT2D eigenvalue weighted by molar-refractivity contribution is -0.144. The smallest absolute Gasteiger partial charge is 0.326 e. The Hall–Kier alpha value is -1.69. The van der Waals surface area contributed by atoms with Crippen LogP contribution in [0.1, 0.15) is 63.8 Å². The number of carbonyl (C=O) groups excluding carboxylic acids is 1. The summed E-state index contributed by atoms with van der Waals surface area (Å²) in [5.74, 6) is 0.254. The minimum Gasteiger partial charge on any atom is -0.464 e. The highest BCUT2D eigenvalue weighted by Crippen LogP contribution is 2.41. The highest BCUT2D eigenvalue weighted by molar-refractivity contribution is 7.18. The molecule has 2 heterocycles. The van der Waals surface area contributed by atoms with Gasteiger partial charge in [-0.3, -0.25) is 14.2 Å². The minimum atomic E-state index is -0.369. The fraction of sp³-hybridized carbons (Fsp3) is 0.667. The molecular formula is C21H30N2O3S. The molecule has 1 aliphatic rings. The topological polar surface area (TPSA) is 61.2 Å². The number of rotatable bonds is 6. The molecule has 2 aromatic heterocycles. The molecule has 2 aromatic rings. The number of thiophene rings is 1. The van der Waals surface area contributed by atoms with Crippen molar-refractivity contribution in [1.82, 2.24) is 9.55 Å². The highest BCUT2D eigenvalue weighted by Gasteiger charge is 2.31. The number of nitrogens with zero attached hydrogens (tertiary/aromatic N) is 2. The van der Waals surface area contributed by atoms with Crippen LogP contribution in [0.25, 0.3) is 10.2 Å². The van der Waals surface area contributed by atoms with Crippen LogP contribution in [0, 0.1) is 11.3 Å². The van der Waals surface area contributed by atoms with Crippen molar-refractivity contribution < 1.29 is 9.53 Å². The van der Waals surface area contributed by atoms with Crippen molar-refractivity contribution in [1.29, 1.82) is 0 Å². The molecule has 5 nitrogen and oxygen atoms in total. The summed E-state index contributed by atoms with van der Waals surface area (Å²) in [6.07, 6.45) is 7.49. The summed E-state index contributed by atoms with van der Waals surface area (Å²) < 4.78 is 6.63. The van der Waals surface area contributed by atoms with Crippen molar-refractivity contribution in [3.63, 3.8) is 0 Å². The van der Waals surface area contributed by atoms with E-state index in [1.807, 2.05) is 0 Å². The Morgan fingerprint density at radius 2 is 2.15 bits per heavy atom. The van der Waals surface area contributed by atoms with E-state index in [0.29, 0.717) is 17.9 Å². The van der Waals surface area contributed by atoms with Gasteiger partial charge in [0, 0.05) is 4.88 Å². The van der Waals surface area contributed by atoms with E-state index in [2.05, 4.69) is 32.7 Å². The van der Waals surface area contributed by atoms with E-state index in [4.69, 9.17) is 4.74 Å². The van der Waals surface area contributed by atoms with Crippen molar-refractivity contribution >= 4 is 27.5 Å². The van der Waals surface area contributed by atoms with Crippen LogP contribution in [0.2, 0.25) is 0 Å². The van der Waals surface area contributed by atoms with Crippen molar-refractivity contribution in [3.05, 3.63) is 27.1 Å². The molecule has 0 N–H and O–H groups in total. The monoisotopic (exact) mass is 390 g/mol. The van der Waals surface area contributed by atoms with Crippen molar-refractivity contribution in [2.75, 3.05) is 6.61 Å². The number of esters is 1. The van der Waals surface area contributed by atoms with E-state index in [0.717, 1.165) is 48.9 Å². The Bertz CT molecular complexity index is 876. The molecule has 0 saturated heterocycles. The number of ether oxygens (including phenoxy) is 1. The van der Waals surface area contributed by atoms with Crippen molar-refractivity contribution in [3.8, 4) is 0 Å². The second-order valence-corrected chi connectivity index (χ2v) is 9.68. The Labute approximate surface area is 164 Å². The van der Waals surface area contributed by atoms with E-state index in [1.165, 1.54) is 15.8 Å². The maximum Gasteiger partial charge on any atom is 0.326 e. The predicted octanol–water partition coefficient (Wildman–Crippen LogP) is 4.34. The number of fused-ring (bicyclic) bond motifs is 3. The zero-order valence-electron chi connectivity index (χ0n) is 16.8. The van der Waals surface area contributed by atoms with Gasteiger partial charge in [-0.1, -0.05) is 40.5 Å². The number of unbranched alkanes of at least 4 members (excludes halogenated alkanes) is 2. The van der Waals surface area contributed by atoms with Crippen LogP contribution >= 0.6 is 11.3 Å². The zero-order chi connectivity index (χ0) is 19.6. The number of aromatic nitrogens is 2. The summed E-state index contributed by atoms with van der Waals surface area (Å²) in [6.45, 7) is 9.31. The normalized spacial score (nSPS) is 17.1. The molecule has 0 saturated carbocycles. The second-order valence-electron chi connectivity index (χ2n) is 8.59. The summed E-state index contributed by atoms with van der Waals surface area (Å²) in [5.41, 5.74) is 1.30. The number of hydrogen-bond donors (Lipinski definition) is 0. The van der Waals surface area contributed by atoms with Gasteiger partial charge in [0.25, 0.3) is 5.56 Å². The number of hydrogen-bond acceptors (Lipinski definition) is 5. The second kappa shape index (κ2) is 8.13. The van der Waals surface area contributed by atoms with Gasteiger partial charge in [-0.05, 0) is 42.6 Å². The molecule has 0 aliphatic heterocycles. The molecule has 27 heavy (non-hydrogen) atoms. The lowest BCUT2D eigenvalue weighted by atomic mass is 9.72. The SMILES string of the molecule is CCCCCOC(=O)Cn1cnc2sc3c(c2c1=O)CC[C@@H](C(C)(C)C)C3. The average Bonchev–Trinajstić information content (AvgIpc) is 2.99. The molecule has 0 spiro atoms. The van der Waals surface area contributed by atoms with Crippen LogP contribution in [-0.2, 0) is 28.9 Å². The molecule has 1 aliphatic carbocycles. The Morgan fingerprint density at radius 3 is 2.85 bits per heavy atom. The fourth-order valence-corrected chi connectivity index (χ4v) is 5.03. The van der Waals surface area contributed by atoms with Crippen LogP contribution in [0.5, 0.6) is 0 Å². The van der Waals surface area contributed by atoms with Gasteiger partial charge in [0.1, 0.15) is 11.4 Å². The fourth-order valence-electron chi connectivity index (χ4n) is 3.78. The lowest BCUT2D eigenvalue weighted by Gasteiger charge is -2.33. The molecular weight excluding hydrogens is 360 g/mol. The molecule has 0 amide bonds. The van der Waals surface area contributed by atoms with Crippen molar-refractivity contribution in [2.24, 2.45) is 11.3 Å². The highest BCUT2D eigenvalue weighted by atomic mass is 32.1. The van der Waals surface area contributed by atoms with E-state index in [9.17, 15) is 9.59 Å². The van der Waals surface area contributed by atoms with E-state index in [1.54, 1.807) is 11.3 Å². The first-order valence-electron chi connectivity index (χ1n) is 9.96. The van der Waals surface area contributed by atoms with Crippen LogP contribution in [0.3, 0.4) is 0 Å². The number of aryl methyl sites for hydroxylation is 1. The Balaban J connectivity index is 1.80. The van der Waals surface area contributed by atoms with Gasteiger partial charge in [0.15, 0.2) is 0 Å². The standard InChI is InChI=1S/C21H30N2O3S/c1-5-6-7-10-26-17(24)12-23-13-22-19-18(20(23)25)15-9-8-14(21(2,3)4)11-16(15)27-19/h13-14H,5-12H2,1-4H3/t14-/m1/s1. The molecule has 0 bridgehead atoms. The van der Waals surface area contributed by atoms with Crippen LogP contribution in [0.15, 0.2) is 11.1 Å². The van der Waals surface area contributed by atoms with E-state index >= 15 is 0 Å². The molecule has 1 atom stereocenters. The molecule has 0 aromatic carbocycles. The zero-order valence-corrected chi connectivity index (χ0v) is 17.7. The molecule has 3 rings (SSSR count). The first kappa shape index (κ1) is 20.1. The van der Waals surface area contributed by atoms with Gasteiger partial charge in [0.05, 0.1) is 18.3 Å². The summed E-state index contributed by atoms with van der Waals surface area (Å²) in [6, 6.07) is 0. The summed E-state index contributed by atoms with van der Waals surface area (Å²) in [7, 11) is 0. The van der Waals surface area contributed by atoms with Crippen molar-refractivity contribution in [2.45, 2.75) is 72.8 Å². The third-order valence-corrected chi connectivity index (χ3v) is 6.73. The van der Waals surface area contributed by atoms with E-state index in [-0.39, 0.29) is 23.5 Å². The third-order valence-electron chi connectivity index (χ3n) is 5.57. The summed E-state index contributed by atoms with van der Waals surface area (Å²) >= 11 is 1.64. The van der Waals surface area contributed by atoms with Gasteiger partial charge in [0.2, 0.25) is 0 Å². The van der Waals surface area contributed by atoms with Crippen LogP contribution in [0.4, 0.5) is 0 Å². The lowest BCUT2D eigenvalue weighted by Crippen LogP contribution is -2.28. The van der Waals surface area contributed by atoms with Gasteiger partial charge in [-0.2, -0.15) is 0 Å². The maximum atomic E-state index is 13.0. The molecule has 0 radical (unpaired) electrons. The first-order valence-corrected chi connectivity index (χ1v) is 10.8. The van der Waals surface area contributed by atoms with Crippen LogP contribution in [-0.4, -0.2) is 22.1 Å². The minimum absolute atomic E-state index is 0.0663. The Morgan fingerprint density at radius 1 is 1.37 bits per heavy atom. The number of carbonyl (C=O) groups is 1. The molecule has 0 fully saturated rings. The average molecular weight is 391 g/mol. The first-order chi connectivity index (χ1) is 12.8. The summed E-state index contributed by atoms with van der Waals surface area (Å²) in [5, 5.41) is 0.712. The quantitative estimate of drug-likeness (QED) is 0.544. The van der Waals surface area contributed by atoms with Gasteiger partial charge >= 0.3 is 5.97 Å². The third kappa shape index (κ3) is 4.42. The maximum absolute atomic E-state index is 13.0. The largest absolute Gasteiger partial charge is 0.464 e. The van der Waals surface area contributed by atoms with E-state index < -0.39 is 0 Å². The van der Waals surface area contributed by atoms with Gasteiger partial charge < -0.3 is 4.74 Å². The van der Waals surface area contributed by atoms with Crippen LogP contribution < -0.4 is 5.56 Å². The molecule has 0 unspecified atom stereocenters. The van der Waals surface area contributed by atoms with Gasteiger partial charge in [-0.25, -0.2) is 4.98 Å². The Kier molecular flexibility index (Phi) is 6.04. The predicted molar refractivity (Wildman–Crippen MR) is 109 cm³/mol. The summed E-state index contributed by atoms with van der Waals surface area (Å²) in [4.78, 5) is 31.6.